The predicted octanol–water partition coefficient (Wildman–Crippen LogP) is 4.13. The van der Waals surface area contributed by atoms with E-state index in [2.05, 4.69) is 16.0 Å². The minimum absolute atomic E-state index is 0.0384. The number of piperazine rings is 1. The number of urea groups is 1. The fraction of sp³-hybridized carbons (Fsp3) is 0.625. The van der Waals surface area contributed by atoms with Gasteiger partial charge in [0, 0.05) is 22.8 Å². The molecule has 4 amide bonds. The fourth-order valence-electron chi connectivity index (χ4n) is 5.29. The highest BCUT2D eigenvalue weighted by Crippen LogP contribution is 2.30. The van der Waals surface area contributed by atoms with Crippen LogP contribution in [-0.2, 0) is 9.59 Å². The zero-order valence-corrected chi connectivity index (χ0v) is 19.4. The van der Waals surface area contributed by atoms with Crippen LogP contribution in [0.25, 0.3) is 0 Å². The minimum atomic E-state index is -0.820. The van der Waals surface area contributed by atoms with E-state index in [1.54, 1.807) is 17.0 Å². The first-order valence-corrected chi connectivity index (χ1v) is 12.3. The monoisotopic (exact) mass is 460 g/mol. The van der Waals surface area contributed by atoms with Crippen LogP contribution in [0.1, 0.15) is 69.8 Å². The highest BCUT2D eigenvalue weighted by Gasteiger charge is 2.46. The molecule has 3 aliphatic rings. The second-order valence-corrected chi connectivity index (χ2v) is 9.80. The molecule has 32 heavy (non-hydrogen) atoms. The standard InChI is InChI=1S/C24H33ClN4O3/c1-15-11-12-17(13-18(15)25)26-22(30)14-21-23(31)28-19-9-5-6-10-20(19)29(21)24(32)27-16-7-3-2-4-8-16/h11-13,16,19-21H,2-10,14H2,1H3,(H,26,30)(H,27,32)(H,28,31)/t19-,20-,21+/m0/s1. The largest absolute Gasteiger partial charge is 0.349 e. The third kappa shape index (κ3) is 5.20. The first-order chi connectivity index (χ1) is 15.4. The number of benzene rings is 1. The van der Waals surface area contributed by atoms with E-state index >= 15 is 0 Å². The number of carbonyl (C=O) groups excluding carboxylic acids is 3. The number of aryl methyl sites for hydroxylation is 1. The van der Waals surface area contributed by atoms with Crippen molar-refractivity contribution in [3.05, 3.63) is 28.8 Å². The highest BCUT2D eigenvalue weighted by atomic mass is 35.5. The molecule has 4 rings (SSSR count). The summed E-state index contributed by atoms with van der Waals surface area (Å²) in [6, 6.07) is 4.32. The summed E-state index contributed by atoms with van der Waals surface area (Å²) in [7, 11) is 0. The number of nitrogens with one attached hydrogen (secondary N) is 3. The summed E-state index contributed by atoms with van der Waals surface area (Å²) >= 11 is 6.17. The van der Waals surface area contributed by atoms with Crippen molar-refractivity contribution >= 4 is 35.1 Å². The topological polar surface area (TPSA) is 90.5 Å². The van der Waals surface area contributed by atoms with E-state index in [4.69, 9.17) is 11.6 Å². The molecule has 1 heterocycles. The molecule has 2 aliphatic carbocycles. The summed E-state index contributed by atoms with van der Waals surface area (Å²) in [6.45, 7) is 1.89. The van der Waals surface area contributed by atoms with Gasteiger partial charge in [0.15, 0.2) is 0 Å². The molecule has 0 unspecified atom stereocenters. The van der Waals surface area contributed by atoms with Crippen LogP contribution >= 0.6 is 11.6 Å². The van der Waals surface area contributed by atoms with Gasteiger partial charge in [-0.05, 0) is 50.3 Å². The van der Waals surface area contributed by atoms with Gasteiger partial charge in [-0.1, -0.05) is 49.8 Å². The van der Waals surface area contributed by atoms with E-state index in [1.165, 1.54) is 6.42 Å². The molecule has 0 aromatic heterocycles. The third-order valence-corrected chi connectivity index (χ3v) is 7.46. The summed E-state index contributed by atoms with van der Waals surface area (Å²) in [5.41, 5.74) is 1.50. The Kier molecular flexibility index (Phi) is 7.23. The summed E-state index contributed by atoms with van der Waals surface area (Å²) in [4.78, 5) is 40.9. The molecular formula is C24H33ClN4O3. The number of amides is 4. The van der Waals surface area contributed by atoms with E-state index < -0.39 is 6.04 Å². The van der Waals surface area contributed by atoms with Gasteiger partial charge in [-0.3, -0.25) is 9.59 Å². The zero-order valence-electron chi connectivity index (χ0n) is 18.7. The van der Waals surface area contributed by atoms with Crippen molar-refractivity contribution < 1.29 is 14.4 Å². The normalized spacial score (nSPS) is 26.1. The Hall–Kier alpha value is -2.28. The van der Waals surface area contributed by atoms with Gasteiger partial charge in [0.1, 0.15) is 6.04 Å². The van der Waals surface area contributed by atoms with E-state index in [1.807, 2.05) is 13.0 Å². The van der Waals surface area contributed by atoms with Crippen LogP contribution < -0.4 is 16.0 Å². The lowest BCUT2D eigenvalue weighted by Gasteiger charge is -2.48. The van der Waals surface area contributed by atoms with Crippen molar-refractivity contribution in [3.8, 4) is 0 Å². The highest BCUT2D eigenvalue weighted by molar-refractivity contribution is 6.31. The van der Waals surface area contributed by atoms with Crippen LogP contribution in [0.3, 0.4) is 0 Å². The Morgan fingerprint density at radius 1 is 1.09 bits per heavy atom. The minimum Gasteiger partial charge on any atom is -0.349 e. The van der Waals surface area contributed by atoms with Gasteiger partial charge >= 0.3 is 6.03 Å². The van der Waals surface area contributed by atoms with Crippen LogP contribution in [-0.4, -0.2) is 46.9 Å². The number of fused-ring (bicyclic) bond motifs is 1. The lowest BCUT2D eigenvalue weighted by atomic mass is 9.85. The number of hydrogen-bond acceptors (Lipinski definition) is 3. The number of hydrogen-bond donors (Lipinski definition) is 3. The van der Waals surface area contributed by atoms with Crippen molar-refractivity contribution in [2.24, 2.45) is 0 Å². The SMILES string of the molecule is Cc1ccc(NC(=O)C[C@@H]2C(=O)N[C@H]3CCCC[C@@H]3N2C(=O)NC2CCCCC2)cc1Cl. The van der Waals surface area contributed by atoms with E-state index in [0.717, 1.165) is 56.9 Å². The Morgan fingerprint density at radius 2 is 1.81 bits per heavy atom. The molecule has 1 saturated heterocycles. The van der Waals surface area contributed by atoms with Gasteiger partial charge < -0.3 is 20.9 Å². The first-order valence-electron chi connectivity index (χ1n) is 11.9. The van der Waals surface area contributed by atoms with E-state index in [-0.39, 0.29) is 42.4 Å². The average molecular weight is 461 g/mol. The second kappa shape index (κ2) is 10.1. The van der Waals surface area contributed by atoms with Crippen molar-refractivity contribution in [3.63, 3.8) is 0 Å². The average Bonchev–Trinajstić information content (AvgIpc) is 2.77. The molecule has 3 N–H and O–H groups in total. The van der Waals surface area contributed by atoms with Gasteiger partial charge in [0.2, 0.25) is 11.8 Å². The molecule has 0 spiro atoms. The smallest absolute Gasteiger partial charge is 0.318 e. The molecule has 0 bridgehead atoms. The molecule has 8 heteroatoms. The molecule has 3 atom stereocenters. The maximum absolute atomic E-state index is 13.4. The van der Waals surface area contributed by atoms with Crippen LogP contribution in [0.15, 0.2) is 18.2 Å². The molecule has 1 aromatic rings. The quantitative estimate of drug-likeness (QED) is 0.630. The summed E-state index contributed by atoms with van der Waals surface area (Å²) in [6.07, 6.45) is 9.06. The lowest BCUT2D eigenvalue weighted by Crippen LogP contribution is -2.69. The number of anilines is 1. The lowest BCUT2D eigenvalue weighted by molar-refractivity contribution is -0.135. The number of carbonyl (C=O) groups is 3. The zero-order chi connectivity index (χ0) is 22.7. The van der Waals surface area contributed by atoms with Crippen LogP contribution in [0.2, 0.25) is 5.02 Å². The van der Waals surface area contributed by atoms with Crippen LogP contribution in [0.4, 0.5) is 10.5 Å². The van der Waals surface area contributed by atoms with Crippen LogP contribution in [0.5, 0.6) is 0 Å². The molecule has 7 nitrogen and oxygen atoms in total. The molecule has 1 aromatic carbocycles. The van der Waals surface area contributed by atoms with Gasteiger partial charge in [-0.2, -0.15) is 0 Å². The summed E-state index contributed by atoms with van der Waals surface area (Å²) in [5, 5.41) is 9.64. The van der Waals surface area contributed by atoms with Gasteiger partial charge in [0.25, 0.3) is 0 Å². The third-order valence-electron chi connectivity index (χ3n) is 7.05. The predicted molar refractivity (Wildman–Crippen MR) is 125 cm³/mol. The number of halogens is 1. The van der Waals surface area contributed by atoms with E-state index in [9.17, 15) is 14.4 Å². The molecule has 0 radical (unpaired) electrons. The van der Waals surface area contributed by atoms with Gasteiger partial charge in [0.05, 0.1) is 12.5 Å². The second-order valence-electron chi connectivity index (χ2n) is 9.39. The molecular weight excluding hydrogens is 428 g/mol. The molecule has 1 aliphatic heterocycles. The summed E-state index contributed by atoms with van der Waals surface area (Å²) < 4.78 is 0. The van der Waals surface area contributed by atoms with E-state index in [0.29, 0.717) is 10.7 Å². The Bertz CT molecular complexity index is 871. The Labute approximate surface area is 194 Å². The maximum Gasteiger partial charge on any atom is 0.318 e. The van der Waals surface area contributed by atoms with Gasteiger partial charge in [-0.25, -0.2) is 4.79 Å². The Morgan fingerprint density at radius 3 is 2.56 bits per heavy atom. The molecule has 2 saturated carbocycles. The number of rotatable bonds is 4. The van der Waals surface area contributed by atoms with Crippen molar-refractivity contribution in [2.75, 3.05) is 5.32 Å². The fourth-order valence-corrected chi connectivity index (χ4v) is 5.47. The maximum atomic E-state index is 13.4. The summed E-state index contributed by atoms with van der Waals surface area (Å²) in [5.74, 6) is -0.557. The number of nitrogens with zero attached hydrogens (tertiary/aromatic N) is 1. The Balaban J connectivity index is 1.50. The molecule has 3 fully saturated rings. The van der Waals surface area contributed by atoms with Crippen molar-refractivity contribution in [1.29, 1.82) is 0 Å². The van der Waals surface area contributed by atoms with Crippen LogP contribution in [0, 0.1) is 6.92 Å². The molecule has 174 valence electrons. The first kappa shape index (κ1) is 22.9. The van der Waals surface area contributed by atoms with Gasteiger partial charge in [-0.15, -0.1) is 0 Å². The van der Waals surface area contributed by atoms with Crippen molar-refractivity contribution in [1.82, 2.24) is 15.5 Å². The van der Waals surface area contributed by atoms with Crippen molar-refractivity contribution in [2.45, 2.75) is 95.3 Å².